The Morgan fingerprint density at radius 3 is 2.56 bits per heavy atom. The van der Waals surface area contributed by atoms with E-state index in [-0.39, 0.29) is 16.7 Å². The van der Waals surface area contributed by atoms with Gasteiger partial charge in [-0.3, -0.25) is 15.0 Å². The summed E-state index contributed by atoms with van der Waals surface area (Å²) in [6, 6.07) is 15.3. The number of nitro groups is 1. The molecule has 0 saturated carbocycles. The van der Waals surface area contributed by atoms with Gasteiger partial charge in [-0.05, 0) is 58.7 Å². The molecule has 0 N–H and O–H groups in total. The predicted molar refractivity (Wildman–Crippen MR) is 105 cm³/mol. The lowest BCUT2D eigenvalue weighted by Crippen LogP contribution is -2.31. The SMILES string of the molecule is O=[N+]([O-])c1ccc(CN(Cc2cccc(I)c2)CC2CCCO2)cc1. The molecule has 0 aliphatic carbocycles. The number of non-ortho nitro benzene ring substituents is 1. The zero-order chi connectivity index (χ0) is 17.6. The largest absolute Gasteiger partial charge is 0.377 e. The smallest absolute Gasteiger partial charge is 0.269 e. The number of hydrogen-bond acceptors (Lipinski definition) is 4. The van der Waals surface area contributed by atoms with Crippen LogP contribution in [0.15, 0.2) is 48.5 Å². The van der Waals surface area contributed by atoms with Crippen LogP contribution in [0.1, 0.15) is 24.0 Å². The summed E-state index contributed by atoms with van der Waals surface area (Å²) < 4.78 is 7.03. The number of rotatable bonds is 7. The highest BCUT2D eigenvalue weighted by atomic mass is 127. The number of nitro benzene ring substituents is 1. The van der Waals surface area contributed by atoms with E-state index in [0.29, 0.717) is 0 Å². The monoisotopic (exact) mass is 452 g/mol. The second-order valence-electron chi connectivity index (χ2n) is 6.36. The Morgan fingerprint density at radius 1 is 1.16 bits per heavy atom. The Bertz CT molecular complexity index is 715. The van der Waals surface area contributed by atoms with Crippen LogP contribution in [0.3, 0.4) is 0 Å². The molecule has 2 aromatic rings. The molecule has 25 heavy (non-hydrogen) atoms. The highest BCUT2D eigenvalue weighted by molar-refractivity contribution is 14.1. The lowest BCUT2D eigenvalue weighted by atomic mass is 10.1. The highest BCUT2D eigenvalue weighted by Crippen LogP contribution is 2.19. The fraction of sp³-hybridized carbons (Fsp3) is 0.368. The van der Waals surface area contributed by atoms with Gasteiger partial charge in [-0.1, -0.05) is 24.3 Å². The van der Waals surface area contributed by atoms with Crippen LogP contribution in [0.2, 0.25) is 0 Å². The van der Waals surface area contributed by atoms with Crippen LogP contribution in [-0.4, -0.2) is 29.1 Å². The van der Waals surface area contributed by atoms with Crippen LogP contribution >= 0.6 is 22.6 Å². The van der Waals surface area contributed by atoms with Gasteiger partial charge in [0.05, 0.1) is 11.0 Å². The molecule has 0 aromatic heterocycles. The molecule has 1 aliphatic heterocycles. The fourth-order valence-electron chi connectivity index (χ4n) is 3.14. The maximum Gasteiger partial charge on any atom is 0.269 e. The summed E-state index contributed by atoms with van der Waals surface area (Å²) in [5.41, 5.74) is 2.48. The third kappa shape index (κ3) is 5.49. The second kappa shape index (κ2) is 8.73. The molecule has 132 valence electrons. The van der Waals surface area contributed by atoms with E-state index >= 15 is 0 Å². The molecular weight excluding hydrogens is 431 g/mol. The van der Waals surface area contributed by atoms with Gasteiger partial charge in [0.2, 0.25) is 0 Å². The summed E-state index contributed by atoms with van der Waals surface area (Å²) in [6.07, 6.45) is 2.50. The summed E-state index contributed by atoms with van der Waals surface area (Å²) in [5.74, 6) is 0. The number of benzene rings is 2. The van der Waals surface area contributed by atoms with Crippen molar-refractivity contribution >= 4 is 28.3 Å². The van der Waals surface area contributed by atoms with Gasteiger partial charge >= 0.3 is 0 Å². The van der Waals surface area contributed by atoms with Crippen molar-refractivity contribution in [1.82, 2.24) is 4.90 Å². The molecule has 1 aliphatic rings. The minimum atomic E-state index is -0.361. The van der Waals surface area contributed by atoms with Crippen LogP contribution in [-0.2, 0) is 17.8 Å². The van der Waals surface area contributed by atoms with Gasteiger partial charge in [0.15, 0.2) is 0 Å². The van der Waals surface area contributed by atoms with Crippen molar-refractivity contribution < 1.29 is 9.66 Å². The minimum Gasteiger partial charge on any atom is -0.377 e. The first-order valence-corrected chi connectivity index (χ1v) is 9.50. The van der Waals surface area contributed by atoms with E-state index in [1.807, 2.05) is 12.1 Å². The maximum atomic E-state index is 10.8. The van der Waals surface area contributed by atoms with E-state index in [9.17, 15) is 10.1 Å². The number of nitrogens with zero attached hydrogens (tertiary/aromatic N) is 2. The van der Waals surface area contributed by atoms with Crippen LogP contribution < -0.4 is 0 Å². The Morgan fingerprint density at radius 2 is 1.92 bits per heavy atom. The van der Waals surface area contributed by atoms with E-state index in [1.165, 1.54) is 9.13 Å². The van der Waals surface area contributed by atoms with Crippen molar-refractivity contribution in [3.8, 4) is 0 Å². The maximum absolute atomic E-state index is 10.8. The summed E-state index contributed by atoms with van der Waals surface area (Å²) in [4.78, 5) is 12.8. The van der Waals surface area contributed by atoms with Gasteiger partial charge in [-0.15, -0.1) is 0 Å². The van der Waals surface area contributed by atoms with Gasteiger partial charge < -0.3 is 4.74 Å². The lowest BCUT2D eigenvalue weighted by molar-refractivity contribution is -0.384. The van der Waals surface area contributed by atoms with Crippen molar-refractivity contribution in [3.05, 3.63) is 73.3 Å². The van der Waals surface area contributed by atoms with Gasteiger partial charge in [-0.25, -0.2) is 0 Å². The van der Waals surface area contributed by atoms with Crippen LogP contribution in [0.5, 0.6) is 0 Å². The van der Waals surface area contributed by atoms with E-state index in [4.69, 9.17) is 4.74 Å². The molecule has 5 nitrogen and oxygen atoms in total. The predicted octanol–water partition coefficient (Wildman–Crippen LogP) is 4.38. The second-order valence-corrected chi connectivity index (χ2v) is 7.60. The first kappa shape index (κ1) is 18.3. The van der Waals surface area contributed by atoms with Crippen molar-refractivity contribution in [2.75, 3.05) is 13.2 Å². The first-order valence-electron chi connectivity index (χ1n) is 8.42. The fourth-order valence-corrected chi connectivity index (χ4v) is 3.74. The van der Waals surface area contributed by atoms with Gasteiger partial charge in [0.1, 0.15) is 0 Å². The Kier molecular flexibility index (Phi) is 6.39. The van der Waals surface area contributed by atoms with Crippen molar-refractivity contribution in [2.24, 2.45) is 0 Å². The van der Waals surface area contributed by atoms with E-state index in [1.54, 1.807) is 12.1 Å². The van der Waals surface area contributed by atoms with Crippen molar-refractivity contribution in [1.29, 1.82) is 0 Å². The molecule has 0 bridgehead atoms. The van der Waals surface area contributed by atoms with Crippen molar-refractivity contribution in [3.63, 3.8) is 0 Å². The van der Waals surface area contributed by atoms with Crippen LogP contribution in [0.25, 0.3) is 0 Å². The third-order valence-electron chi connectivity index (χ3n) is 4.33. The first-order chi connectivity index (χ1) is 12.1. The van der Waals surface area contributed by atoms with E-state index in [2.05, 4.69) is 51.8 Å². The minimum absolute atomic E-state index is 0.132. The highest BCUT2D eigenvalue weighted by Gasteiger charge is 2.20. The molecule has 1 saturated heterocycles. The van der Waals surface area contributed by atoms with E-state index < -0.39 is 0 Å². The quantitative estimate of drug-likeness (QED) is 0.356. The zero-order valence-electron chi connectivity index (χ0n) is 13.9. The molecule has 2 aromatic carbocycles. The lowest BCUT2D eigenvalue weighted by Gasteiger charge is -2.25. The number of hydrogen-bond donors (Lipinski definition) is 0. The number of ether oxygens (including phenoxy) is 1. The third-order valence-corrected chi connectivity index (χ3v) is 5.01. The van der Waals surface area contributed by atoms with Gasteiger partial charge in [-0.2, -0.15) is 0 Å². The van der Waals surface area contributed by atoms with Crippen molar-refractivity contribution in [2.45, 2.75) is 32.0 Å². The average molecular weight is 452 g/mol. The topological polar surface area (TPSA) is 55.6 Å². The average Bonchev–Trinajstić information content (AvgIpc) is 3.08. The molecule has 1 heterocycles. The molecule has 1 unspecified atom stereocenters. The molecule has 6 heteroatoms. The molecule has 1 fully saturated rings. The van der Waals surface area contributed by atoms with E-state index in [0.717, 1.165) is 44.6 Å². The Labute approximate surface area is 161 Å². The Balaban J connectivity index is 1.71. The van der Waals surface area contributed by atoms with Gasteiger partial charge in [0.25, 0.3) is 5.69 Å². The molecular formula is C19H21IN2O3. The summed E-state index contributed by atoms with van der Waals surface area (Å²) >= 11 is 2.33. The van der Waals surface area contributed by atoms with Crippen LogP contribution in [0, 0.1) is 13.7 Å². The summed E-state index contributed by atoms with van der Waals surface area (Å²) in [5, 5.41) is 10.8. The molecule has 0 amide bonds. The van der Waals surface area contributed by atoms with Gasteiger partial charge in [0, 0.05) is 41.9 Å². The number of halogens is 1. The van der Waals surface area contributed by atoms with Crippen LogP contribution in [0.4, 0.5) is 5.69 Å². The molecule has 3 rings (SSSR count). The summed E-state index contributed by atoms with van der Waals surface area (Å²) in [7, 11) is 0. The zero-order valence-corrected chi connectivity index (χ0v) is 16.1. The normalized spacial score (nSPS) is 17.1. The Hall–Kier alpha value is -1.51. The molecule has 0 radical (unpaired) electrons. The molecule has 0 spiro atoms. The summed E-state index contributed by atoms with van der Waals surface area (Å²) in [6.45, 7) is 3.32. The molecule has 1 atom stereocenters. The standard InChI is InChI=1S/C19H21IN2O3/c20-17-4-1-3-16(11-17)13-21(14-19-5-2-10-25-19)12-15-6-8-18(9-7-15)22(23)24/h1,3-4,6-9,11,19H,2,5,10,12-14H2.